The Bertz CT molecular complexity index is 1710. The van der Waals surface area contributed by atoms with E-state index in [2.05, 4.69) is 26.2 Å². The first-order valence-electron chi connectivity index (χ1n) is 15.7. The molecule has 3 heterocycles. The van der Waals surface area contributed by atoms with Crippen molar-refractivity contribution in [1.29, 1.82) is 0 Å². The van der Waals surface area contributed by atoms with Crippen LogP contribution in [0.25, 0.3) is 0 Å². The lowest BCUT2D eigenvalue weighted by Crippen LogP contribution is -2.71. The van der Waals surface area contributed by atoms with E-state index in [1.165, 1.54) is 21.3 Å². The SMILES string of the molecule is Cn1nnnc1C(S)C1(C)SC2C(NC(=O)Cc3ccccc3)C(=O)N2C1C(=O)ON(CCNCc1ccccc1)Cc1ccccc1. The van der Waals surface area contributed by atoms with Crippen LogP contribution in [0.5, 0.6) is 0 Å². The Kier molecular flexibility index (Phi) is 10.4. The van der Waals surface area contributed by atoms with Crippen LogP contribution in [0.1, 0.15) is 34.7 Å². The summed E-state index contributed by atoms with van der Waals surface area (Å²) in [5, 5.41) is 18.7. The zero-order valence-corrected chi connectivity index (χ0v) is 28.4. The average Bonchev–Trinajstić information content (AvgIpc) is 3.65. The van der Waals surface area contributed by atoms with Crippen LogP contribution in [0.4, 0.5) is 0 Å². The molecule has 250 valence electrons. The molecule has 5 atom stereocenters. The minimum atomic E-state index is -1.03. The van der Waals surface area contributed by atoms with Crippen LogP contribution in [0.2, 0.25) is 0 Å². The molecule has 0 radical (unpaired) electrons. The monoisotopic (exact) mass is 686 g/mol. The third kappa shape index (κ3) is 7.26. The fourth-order valence-corrected chi connectivity index (χ4v) is 8.36. The predicted molar refractivity (Wildman–Crippen MR) is 184 cm³/mol. The van der Waals surface area contributed by atoms with Gasteiger partial charge in [-0.15, -0.1) is 21.9 Å². The maximum Gasteiger partial charge on any atom is 0.349 e. The van der Waals surface area contributed by atoms with Gasteiger partial charge in [0.2, 0.25) is 11.8 Å². The van der Waals surface area contributed by atoms with Crippen LogP contribution in [0.3, 0.4) is 0 Å². The molecule has 6 rings (SSSR count). The maximum atomic E-state index is 14.3. The summed E-state index contributed by atoms with van der Waals surface area (Å²) < 4.78 is 0.494. The van der Waals surface area contributed by atoms with Crippen molar-refractivity contribution < 1.29 is 19.2 Å². The number of tetrazole rings is 1. The summed E-state index contributed by atoms with van der Waals surface area (Å²) in [6.45, 7) is 3.83. The van der Waals surface area contributed by atoms with Gasteiger partial charge in [0.25, 0.3) is 0 Å². The zero-order valence-electron chi connectivity index (χ0n) is 26.7. The normalized spacial score (nSPS) is 22.2. The molecule has 4 aromatic rings. The highest BCUT2D eigenvalue weighted by Gasteiger charge is 2.68. The molecule has 2 aliphatic rings. The van der Waals surface area contributed by atoms with Gasteiger partial charge in [-0.25, -0.2) is 9.48 Å². The first kappa shape index (κ1) is 33.7. The minimum absolute atomic E-state index is 0.136. The van der Waals surface area contributed by atoms with Crippen LogP contribution in [0, 0.1) is 0 Å². The van der Waals surface area contributed by atoms with Crippen molar-refractivity contribution in [1.82, 2.24) is 40.8 Å². The molecule has 0 bridgehead atoms. The molecule has 2 aliphatic heterocycles. The number of hydrogen-bond donors (Lipinski definition) is 3. The molecule has 5 unspecified atom stereocenters. The Balaban J connectivity index is 1.21. The fraction of sp³-hybridized carbons (Fsp3) is 0.353. The second-order valence-corrected chi connectivity index (χ2v) is 14.1. The van der Waals surface area contributed by atoms with Gasteiger partial charge >= 0.3 is 5.97 Å². The lowest BCUT2D eigenvalue weighted by molar-refractivity contribution is -0.203. The molecule has 0 spiro atoms. The van der Waals surface area contributed by atoms with Crippen LogP contribution >= 0.6 is 24.4 Å². The molecule has 0 saturated carbocycles. The van der Waals surface area contributed by atoms with Gasteiger partial charge in [-0.05, 0) is 34.0 Å². The summed E-state index contributed by atoms with van der Waals surface area (Å²) in [5.41, 5.74) is 2.95. The van der Waals surface area contributed by atoms with E-state index in [9.17, 15) is 14.4 Å². The third-order valence-electron chi connectivity index (χ3n) is 8.59. The molecule has 2 fully saturated rings. The Morgan fingerprint density at radius 2 is 1.62 bits per heavy atom. The van der Waals surface area contributed by atoms with E-state index in [0.29, 0.717) is 32.0 Å². The van der Waals surface area contributed by atoms with Crippen molar-refractivity contribution in [2.24, 2.45) is 7.05 Å². The van der Waals surface area contributed by atoms with E-state index in [1.807, 2.05) is 97.9 Å². The molecule has 14 heteroatoms. The lowest BCUT2D eigenvalue weighted by Gasteiger charge is -2.44. The molecule has 2 amide bonds. The topological polar surface area (TPSA) is 135 Å². The number of aryl methyl sites for hydroxylation is 1. The Labute approximate surface area is 288 Å². The highest BCUT2D eigenvalue weighted by molar-refractivity contribution is 8.02. The summed E-state index contributed by atoms with van der Waals surface area (Å²) in [5.74, 6) is -0.778. The summed E-state index contributed by atoms with van der Waals surface area (Å²) in [4.78, 5) is 48.7. The standard InChI is InChI=1S/C34H38N8O4S2/c1-34(29(47)30-37-38-39-40(30)2)28(42-31(44)27(32(42)48-34)36-26(43)20-23-12-6-3-7-13-23)33(45)46-41(22-25-16-10-5-11-17-25)19-18-35-21-24-14-8-4-9-15-24/h3-17,27-29,32,35,47H,18-22H2,1-2H3,(H,36,43). The number of rotatable bonds is 14. The van der Waals surface area contributed by atoms with Gasteiger partial charge in [-0.1, -0.05) is 91.0 Å². The van der Waals surface area contributed by atoms with Crippen LogP contribution in [-0.2, 0) is 45.8 Å². The van der Waals surface area contributed by atoms with E-state index < -0.39 is 33.4 Å². The van der Waals surface area contributed by atoms with Crippen LogP contribution < -0.4 is 10.6 Å². The smallest absolute Gasteiger partial charge is 0.349 e. The maximum absolute atomic E-state index is 14.3. The van der Waals surface area contributed by atoms with Crippen molar-refractivity contribution in [3.8, 4) is 0 Å². The molecule has 2 N–H and O–H groups in total. The summed E-state index contributed by atoms with van der Waals surface area (Å²) in [7, 11) is 1.70. The Morgan fingerprint density at radius 3 is 2.25 bits per heavy atom. The number of aromatic nitrogens is 4. The Morgan fingerprint density at radius 1 is 1.00 bits per heavy atom. The third-order valence-corrected chi connectivity index (χ3v) is 11.2. The van der Waals surface area contributed by atoms with Crippen LogP contribution in [0.15, 0.2) is 91.0 Å². The lowest BCUT2D eigenvalue weighted by atomic mass is 9.91. The van der Waals surface area contributed by atoms with Gasteiger partial charge in [0.05, 0.1) is 23.0 Å². The summed E-state index contributed by atoms with van der Waals surface area (Å²) in [6, 6.07) is 27.3. The molecule has 2 saturated heterocycles. The van der Waals surface area contributed by atoms with E-state index in [0.717, 1.165) is 16.7 Å². The van der Waals surface area contributed by atoms with Crippen molar-refractivity contribution >= 4 is 42.2 Å². The number of β-lactam (4-membered cyclic amide) rings is 1. The van der Waals surface area contributed by atoms with E-state index in [4.69, 9.17) is 17.5 Å². The molecule has 1 aromatic heterocycles. The van der Waals surface area contributed by atoms with Crippen molar-refractivity contribution in [2.75, 3.05) is 13.1 Å². The minimum Gasteiger partial charge on any atom is -0.366 e. The fourth-order valence-electron chi connectivity index (χ4n) is 6.06. The van der Waals surface area contributed by atoms with Gasteiger partial charge in [0.1, 0.15) is 17.5 Å². The average molecular weight is 687 g/mol. The highest BCUT2D eigenvalue weighted by Crippen LogP contribution is 2.57. The molecular weight excluding hydrogens is 649 g/mol. The van der Waals surface area contributed by atoms with Crippen LogP contribution in [-0.4, -0.2) is 83.2 Å². The number of carbonyl (C=O) groups excluding carboxylic acids is 3. The molecule has 48 heavy (non-hydrogen) atoms. The number of hydroxylamine groups is 2. The van der Waals surface area contributed by atoms with Gasteiger partial charge in [0, 0.05) is 26.7 Å². The molecule has 12 nitrogen and oxygen atoms in total. The highest BCUT2D eigenvalue weighted by atomic mass is 32.2. The zero-order chi connectivity index (χ0) is 33.7. The number of hydrogen-bond acceptors (Lipinski definition) is 11. The van der Waals surface area contributed by atoms with Gasteiger partial charge in [0.15, 0.2) is 5.82 Å². The second kappa shape index (κ2) is 14.9. The number of fused-ring (bicyclic) bond motifs is 1. The number of thioether (sulfide) groups is 1. The molecular formula is C34H38N8O4S2. The number of thiol groups is 1. The van der Waals surface area contributed by atoms with Gasteiger partial charge < -0.3 is 20.4 Å². The number of amides is 2. The quantitative estimate of drug-likeness (QED) is 0.0787. The molecule has 3 aromatic carbocycles. The summed E-state index contributed by atoms with van der Waals surface area (Å²) >= 11 is 6.33. The largest absolute Gasteiger partial charge is 0.366 e. The number of benzene rings is 3. The van der Waals surface area contributed by atoms with Gasteiger partial charge in [-0.3, -0.25) is 9.59 Å². The Hall–Kier alpha value is -4.24. The van der Waals surface area contributed by atoms with E-state index in [1.54, 1.807) is 12.1 Å². The number of carbonyl (C=O) groups is 3. The predicted octanol–water partition coefficient (Wildman–Crippen LogP) is 2.70. The summed E-state index contributed by atoms with van der Waals surface area (Å²) in [6.07, 6.45) is 0.136. The van der Waals surface area contributed by atoms with Crippen molar-refractivity contribution in [3.05, 3.63) is 114 Å². The second-order valence-electron chi connectivity index (χ2n) is 12.0. The van der Waals surface area contributed by atoms with E-state index in [-0.39, 0.29) is 18.2 Å². The number of nitrogens with zero attached hydrogens (tertiary/aromatic N) is 6. The van der Waals surface area contributed by atoms with E-state index >= 15 is 0 Å². The molecule has 0 aliphatic carbocycles. The first-order chi connectivity index (χ1) is 23.2. The van der Waals surface area contributed by atoms with Crippen molar-refractivity contribution in [2.45, 2.75) is 53.9 Å². The first-order valence-corrected chi connectivity index (χ1v) is 17.1. The van der Waals surface area contributed by atoms with Crippen molar-refractivity contribution in [3.63, 3.8) is 0 Å². The van der Waals surface area contributed by atoms with Gasteiger partial charge in [-0.2, -0.15) is 12.6 Å². The number of nitrogens with one attached hydrogen (secondary N) is 2.